The monoisotopic (exact) mass is 540 g/mol. The SMILES string of the molecule is CNc1nccc(-c2c(-c3cccc(NS(=O)(=O)c4c(F)cccc4F)c3F)nc3cc(OC)ccn23)n1. The Labute approximate surface area is 215 Å². The van der Waals surface area contributed by atoms with E-state index in [0.29, 0.717) is 28.7 Å². The first kappa shape index (κ1) is 25.0. The number of rotatable bonds is 7. The Morgan fingerprint density at radius 1 is 0.974 bits per heavy atom. The van der Waals surface area contributed by atoms with E-state index in [1.54, 1.807) is 35.8 Å². The van der Waals surface area contributed by atoms with E-state index in [2.05, 4.69) is 20.3 Å². The summed E-state index contributed by atoms with van der Waals surface area (Å²) >= 11 is 0. The lowest BCUT2D eigenvalue weighted by Crippen LogP contribution is -2.17. The quantitative estimate of drug-likeness (QED) is 0.307. The van der Waals surface area contributed by atoms with Gasteiger partial charge in [-0.2, -0.15) is 0 Å². The maximum atomic E-state index is 15.9. The predicted octanol–water partition coefficient (Wildman–Crippen LogP) is 4.73. The van der Waals surface area contributed by atoms with Crippen LogP contribution in [0.4, 0.5) is 24.8 Å². The number of methoxy groups -OCH3 is 1. The lowest BCUT2D eigenvalue weighted by Gasteiger charge is -2.13. The largest absolute Gasteiger partial charge is 0.497 e. The second-order valence-electron chi connectivity index (χ2n) is 7.94. The number of fused-ring (bicyclic) bond motifs is 1. The molecule has 0 radical (unpaired) electrons. The second kappa shape index (κ2) is 9.67. The first-order valence-electron chi connectivity index (χ1n) is 11.1. The molecule has 5 aromatic rings. The Morgan fingerprint density at radius 3 is 2.42 bits per heavy atom. The molecule has 0 fully saturated rings. The first-order chi connectivity index (χ1) is 18.2. The number of pyridine rings is 1. The zero-order valence-corrected chi connectivity index (χ0v) is 20.7. The van der Waals surface area contributed by atoms with E-state index < -0.39 is 38.1 Å². The van der Waals surface area contributed by atoms with Crippen LogP contribution in [0, 0.1) is 17.5 Å². The summed E-state index contributed by atoms with van der Waals surface area (Å²) in [5, 5.41) is 2.84. The smallest absolute Gasteiger partial charge is 0.267 e. The molecule has 0 bridgehead atoms. The molecule has 2 N–H and O–H groups in total. The molecule has 38 heavy (non-hydrogen) atoms. The summed E-state index contributed by atoms with van der Waals surface area (Å²) in [7, 11) is -1.67. The molecule has 2 aromatic carbocycles. The average molecular weight is 541 g/mol. The molecule has 0 amide bonds. The van der Waals surface area contributed by atoms with Crippen molar-refractivity contribution in [3.63, 3.8) is 0 Å². The van der Waals surface area contributed by atoms with Crippen molar-refractivity contribution in [3.8, 4) is 28.4 Å². The van der Waals surface area contributed by atoms with E-state index in [-0.39, 0.29) is 11.3 Å². The van der Waals surface area contributed by atoms with Crippen molar-refractivity contribution in [2.75, 3.05) is 24.2 Å². The van der Waals surface area contributed by atoms with E-state index in [4.69, 9.17) is 4.74 Å². The third-order valence-corrected chi connectivity index (χ3v) is 7.06. The highest BCUT2D eigenvalue weighted by Crippen LogP contribution is 2.37. The summed E-state index contributed by atoms with van der Waals surface area (Å²) in [6.45, 7) is 0. The average Bonchev–Trinajstić information content (AvgIpc) is 3.28. The lowest BCUT2D eigenvalue weighted by atomic mass is 10.1. The second-order valence-corrected chi connectivity index (χ2v) is 9.56. The number of ether oxygens (including phenoxy) is 1. The summed E-state index contributed by atoms with van der Waals surface area (Å²) in [4.78, 5) is 11.9. The molecule has 0 saturated carbocycles. The van der Waals surface area contributed by atoms with Gasteiger partial charge in [0.05, 0.1) is 24.2 Å². The molecule has 0 aliphatic carbocycles. The van der Waals surface area contributed by atoms with Crippen LogP contribution in [0.2, 0.25) is 0 Å². The van der Waals surface area contributed by atoms with Gasteiger partial charge in [-0.15, -0.1) is 0 Å². The van der Waals surface area contributed by atoms with Gasteiger partial charge in [0.25, 0.3) is 10.0 Å². The highest BCUT2D eigenvalue weighted by molar-refractivity contribution is 7.92. The van der Waals surface area contributed by atoms with Crippen molar-refractivity contribution >= 4 is 27.3 Å². The summed E-state index contributed by atoms with van der Waals surface area (Å²) in [6, 6.07) is 11.5. The fraction of sp³-hybridized carbons (Fsp3) is 0.0800. The highest BCUT2D eigenvalue weighted by atomic mass is 32.2. The molecule has 0 unspecified atom stereocenters. The van der Waals surface area contributed by atoms with Crippen LogP contribution in [-0.2, 0) is 10.0 Å². The molecule has 13 heteroatoms. The summed E-state index contributed by atoms with van der Waals surface area (Å²) < 4.78 is 78.7. The fourth-order valence-electron chi connectivity index (χ4n) is 3.93. The van der Waals surface area contributed by atoms with Gasteiger partial charge in [-0.1, -0.05) is 12.1 Å². The van der Waals surface area contributed by atoms with Crippen LogP contribution in [0.5, 0.6) is 5.75 Å². The molecule has 0 saturated heterocycles. The molecule has 194 valence electrons. The predicted molar refractivity (Wildman–Crippen MR) is 135 cm³/mol. The van der Waals surface area contributed by atoms with Crippen LogP contribution in [0.15, 0.2) is 71.9 Å². The van der Waals surface area contributed by atoms with E-state index in [1.807, 2.05) is 4.72 Å². The van der Waals surface area contributed by atoms with Gasteiger partial charge in [0.15, 0.2) is 10.7 Å². The summed E-state index contributed by atoms with van der Waals surface area (Å²) in [6.07, 6.45) is 3.19. The zero-order chi connectivity index (χ0) is 27.0. The Bertz CT molecular complexity index is 1770. The minimum absolute atomic E-state index is 0.0820. The van der Waals surface area contributed by atoms with Gasteiger partial charge < -0.3 is 10.1 Å². The first-order valence-corrected chi connectivity index (χ1v) is 12.5. The fourth-order valence-corrected chi connectivity index (χ4v) is 5.12. The maximum Gasteiger partial charge on any atom is 0.267 e. The number of sulfonamides is 1. The van der Waals surface area contributed by atoms with Gasteiger partial charge >= 0.3 is 0 Å². The zero-order valence-electron chi connectivity index (χ0n) is 19.9. The Balaban J connectivity index is 1.69. The summed E-state index contributed by atoms with van der Waals surface area (Å²) in [5.41, 5.74) is 0.717. The number of hydrogen-bond acceptors (Lipinski definition) is 7. The molecular weight excluding hydrogens is 521 g/mol. The van der Waals surface area contributed by atoms with Crippen LogP contribution in [-0.4, -0.2) is 41.9 Å². The minimum atomic E-state index is -4.81. The molecule has 5 rings (SSSR count). The number of halogens is 3. The molecule has 0 aliphatic heterocycles. The van der Waals surface area contributed by atoms with Gasteiger partial charge in [0.1, 0.15) is 28.7 Å². The van der Waals surface area contributed by atoms with Crippen LogP contribution in [0.3, 0.4) is 0 Å². The van der Waals surface area contributed by atoms with Crippen LogP contribution in [0.1, 0.15) is 0 Å². The Morgan fingerprint density at radius 2 is 1.71 bits per heavy atom. The maximum absolute atomic E-state index is 15.9. The van der Waals surface area contributed by atoms with Gasteiger partial charge in [-0.25, -0.2) is 36.5 Å². The van der Waals surface area contributed by atoms with Crippen LogP contribution in [0.25, 0.3) is 28.3 Å². The molecule has 0 aliphatic rings. The topological polar surface area (TPSA) is 111 Å². The number of nitrogens with one attached hydrogen (secondary N) is 2. The van der Waals surface area contributed by atoms with Crippen LogP contribution < -0.4 is 14.8 Å². The van der Waals surface area contributed by atoms with E-state index in [9.17, 15) is 17.2 Å². The Hall–Kier alpha value is -4.65. The number of hydrogen-bond donors (Lipinski definition) is 2. The summed E-state index contributed by atoms with van der Waals surface area (Å²) in [5.74, 6) is -2.81. The molecule has 3 aromatic heterocycles. The molecular formula is C25H19F3N6O3S. The van der Waals surface area contributed by atoms with Gasteiger partial charge in [-0.3, -0.25) is 9.12 Å². The van der Waals surface area contributed by atoms with Gasteiger partial charge in [0.2, 0.25) is 5.95 Å². The molecule has 9 nitrogen and oxygen atoms in total. The highest BCUT2D eigenvalue weighted by Gasteiger charge is 2.27. The molecule has 0 atom stereocenters. The van der Waals surface area contributed by atoms with Crippen molar-refractivity contribution in [3.05, 3.63) is 84.4 Å². The Kier molecular flexibility index (Phi) is 6.36. The third-order valence-electron chi connectivity index (χ3n) is 5.64. The van der Waals surface area contributed by atoms with Crippen molar-refractivity contribution < 1.29 is 26.3 Å². The lowest BCUT2D eigenvalue weighted by molar-refractivity contribution is 0.414. The van der Waals surface area contributed by atoms with Crippen molar-refractivity contribution in [2.45, 2.75) is 4.90 Å². The number of anilines is 2. The normalized spacial score (nSPS) is 11.5. The van der Waals surface area contributed by atoms with E-state index in [1.165, 1.54) is 25.4 Å². The third kappa shape index (κ3) is 4.36. The van der Waals surface area contributed by atoms with Gasteiger partial charge in [-0.05, 0) is 36.4 Å². The number of nitrogens with zero attached hydrogens (tertiary/aromatic N) is 4. The molecule has 3 heterocycles. The number of aromatic nitrogens is 4. The van der Waals surface area contributed by atoms with Crippen molar-refractivity contribution in [1.29, 1.82) is 0 Å². The van der Waals surface area contributed by atoms with Gasteiger partial charge in [0, 0.05) is 31.1 Å². The number of benzene rings is 2. The molecule has 0 spiro atoms. The standard InChI is InChI=1S/C25H19F3N6O3S/c1-29-25-30-11-9-19(31-25)23-22(32-20-13-14(37-2)10-12-34(20)23)15-5-3-8-18(21(15)28)33-38(35,36)24-16(26)6-4-7-17(24)27/h3-13,33H,1-2H3,(H,29,30,31). The number of imidazole rings is 1. The van der Waals surface area contributed by atoms with Crippen molar-refractivity contribution in [2.24, 2.45) is 0 Å². The van der Waals surface area contributed by atoms with E-state index in [0.717, 1.165) is 24.3 Å². The van der Waals surface area contributed by atoms with Crippen molar-refractivity contribution in [1.82, 2.24) is 19.4 Å². The van der Waals surface area contributed by atoms with Crippen LogP contribution >= 0.6 is 0 Å². The van der Waals surface area contributed by atoms with E-state index >= 15 is 4.39 Å². The minimum Gasteiger partial charge on any atom is -0.497 e.